The van der Waals surface area contributed by atoms with Gasteiger partial charge in [0.2, 0.25) is 0 Å². The molecular formula is C17H20N4O3. The molecule has 24 heavy (non-hydrogen) atoms. The van der Waals surface area contributed by atoms with Crippen molar-refractivity contribution in [3.63, 3.8) is 0 Å². The smallest absolute Gasteiger partial charge is 0.255 e. The second kappa shape index (κ2) is 6.74. The SMILES string of the molecule is Cn1cc([C@@H]2CCCN2C(=O)c2ccc(OCC(N)=O)cc2)cn1. The summed E-state index contributed by atoms with van der Waals surface area (Å²) in [6, 6.07) is 6.82. The van der Waals surface area contributed by atoms with E-state index < -0.39 is 5.91 Å². The summed E-state index contributed by atoms with van der Waals surface area (Å²) in [5, 5.41) is 4.20. The molecule has 1 fully saturated rings. The third-order valence-electron chi connectivity index (χ3n) is 4.11. The molecule has 126 valence electrons. The minimum absolute atomic E-state index is 0.0113. The monoisotopic (exact) mass is 328 g/mol. The number of carbonyl (C=O) groups excluding carboxylic acids is 2. The van der Waals surface area contributed by atoms with E-state index in [9.17, 15) is 9.59 Å². The molecule has 1 aromatic carbocycles. The number of ether oxygens (including phenoxy) is 1. The predicted octanol–water partition coefficient (Wildman–Crippen LogP) is 1.26. The molecule has 0 saturated carbocycles. The van der Waals surface area contributed by atoms with Crippen LogP contribution in [0.15, 0.2) is 36.7 Å². The predicted molar refractivity (Wildman–Crippen MR) is 87.4 cm³/mol. The first-order valence-electron chi connectivity index (χ1n) is 7.85. The highest BCUT2D eigenvalue weighted by Crippen LogP contribution is 2.33. The molecule has 2 N–H and O–H groups in total. The molecule has 7 nitrogen and oxygen atoms in total. The Morgan fingerprint density at radius 3 is 2.71 bits per heavy atom. The number of nitrogens with zero attached hydrogens (tertiary/aromatic N) is 3. The summed E-state index contributed by atoms with van der Waals surface area (Å²) in [7, 11) is 1.87. The lowest BCUT2D eigenvalue weighted by atomic mass is 10.1. The highest BCUT2D eigenvalue weighted by atomic mass is 16.5. The Morgan fingerprint density at radius 1 is 1.33 bits per heavy atom. The Hall–Kier alpha value is -2.83. The van der Waals surface area contributed by atoms with Crippen molar-refractivity contribution >= 4 is 11.8 Å². The molecule has 2 heterocycles. The maximum Gasteiger partial charge on any atom is 0.255 e. The van der Waals surface area contributed by atoms with Crippen LogP contribution in [0.2, 0.25) is 0 Å². The average molecular weight is 328 g/mol. The first kappa shape index (κ1) is 16.0. The normalized spacial score (nSPS) is 17.0. The molecular weight excluding hydrogens is 308 g/mol. The fourth-order valence-electron chi connectivity index (χ4n) is 2.98. The van der Waals surface area contributed by atoms with Crippen LogP contribution in [0.25, 0.3) is 0 Å². The summed E-state index contributed by atoms with van der Waals surface area (Å²) in [6.07, 6.45) is 5.69. The van der Waals surface area contributed by atoms with Gasteiger partial charge in [0.25, 0.3) is 11.8 Å². The van der Waals surface area contributed by atoms with Crippen molar-refractivity contribution < 1.29 is 14.3 Å². The van der Waals surface area contributed by atoms with E-state index in [0.29, 0.717) is 11.3 Å². The lowest BCUT2D eigenvalue weighted by Gasteiger charge is -2.24. The maximum absolute atomic E-state index is 12.8. The summed E-state index contributed by atoms with van der Waals surface area (Å²) in [5.74, 6) is -0.0371. The van der Waals surface area contributed by atoms with Gasteiger partial charge in [-0.3, -0.25) is 14.3 Å². The van der Waals surface area contributed by atoms with Gasteiger partial charge in [-0.1, -0.05) is 0 Å². The second-order valence-corrected chi connectivity index (χ2v) is 5.88. The van der Waals surface area contributed by atoms with E-state index in [4.69, 9.17) is 10.5 Å². The van der Waals surface area contributed by atoms with Crippen molar-refractivity contribution in [1.29, 1.82) is 0 Å². The van der Waals surface area contributed by atoms with Crippen LogP contribution in [0.3, 0.4) is 0 Å². The van der Waals surface area contributed by atoms with Gasteiger partial charge in [0.1, 0.15) is 5.75 Å². The molecule has 2 aromatic rings. The van der Waals surface area contributed by atoms with Gasteiger partial charge in [-0.05, 0) is 37.1 Å². The number of hydrogen-bond donors (Lipinski definition) is 1. The summed E-state index contributed by atoms with van der Waals surface area (Å²) in [5.41, 5.74) is 6.70. The Balaban J connectivity index is 1.72. The van der Waals surface area contributed by atoms with Crippen LogP contribution >= 0.6 is 0 Å². The quantitative estimate of drug-likeness (QED) is 0.894. The first-order chi connectivity index (χ1) is 11.5. The van der Waals surface area contributed by atoms with Gasteiger partial charge >= 0.3 is 0 Å². The Kier molecular flexibility index (Phi) is 4.50. The van der Waals surface area contributed by atoms with Gasteiger partial charge in [-0.2, -0.15) is 5.10 Å². The zero-order valence-corrected chi connectivity index (χ0v) is 13.5. The van der Waals surface area contributed by atoms with Gasteiger partial charge in [-0.25, -0.2) is 0 Å². The molecule has 2 amide bonds. The number of aryl methyl sites for hydroxylation is 1. The summed E-state index contributed by atoms with van der Waals surface area (Å²) in [6.45, 7) is 0.556. The average Bonchev–Trinajstić information content (AvgIpc) is 3.21. The van der Waals surface area contributed by atoms with Crippen molar-refractivity contribution in [2.24, 2.45) is 12.8 Å². The third kappa shape index (κ3) is 3.40. The largest absolute Gasteiger partial charge is 0.484 e. The molecule has 3 rings (SSSR count). The van der Waals surface area contributed by atoms with Crippen molar-refractivity contribution in [1.82, 2.24) is 14.7 Å². The van der Waals surface area contributed by atoms with E-state index in [1.54, 1.807) is 28.9 Å². The molecule has 0 unspecified atom stereocenters. The van der Waals surface area contributed by atoms with Gasteiger partial charge in [-0.15, -0.1) is 0 Å². The number of nitrogens with two attached hydrogens (primary N) is 1. The van der Waals surface area contributed by atoms with Crippen LogP contribution in [0.4, 0.5) is 0 Å². The van der Waals surface area contributed by atoms with Crippen LogP contribution in [-0.4, -0.2) is 39.6 Å². The van der Waals surface area contributed by atoms with Crippen molar-refractivity contribution in [3.8, 4) is 5.75 Å². The number of aromatic nitrogens is 2. The fraction of sp³-hybridized carbons (Fsp3) is 0.353. The van der Waals surface area contributed by atoms with Gasteiger partial charge in [0.05, 0.1) is 12.2 Å². The lowest BCUT2D eigenvalue weighted by Crippen LogP contribution is -2.30. The molecule has 0 bridgehead atoms. The van der Waals surface area contributed by atoms with E-state index in [1.165, 1.54) is 0 Å². The van der Waals surface area contributed by atoms with Crippen LogP contribution in [-0.2, 0) is 11.8 Å². The number of rotatable bonds is 5. The molecule has 1 aliphatic heterocycles. The number of benzene rings is 1. The molecule has 0 radical (unpaired) electrons. The molecule has 0 aliphatic carbocycles. The van der Waals surface area contributed by atoms with E-state index >= 15 is 0 Å². The molecule has 1 aliphatic rings. The molecule has 1 aromatic heterocycles. The van der Waals surface area contributed by atoms with E-state index in [-0.39, 0.29) is 18.6 Å². The second-order valence-electron chi connectivity index (χ2n) is 5.88. The van der Waals surface area contributed by atoms with Crippen LogP contribution in [0.5, 0.6) is 5.75 Å². The number of hydrogen-bond acceptors (Lipinski definition) is 4. The summed E-state index contributed by atoms with van der Waals surface area (Å²) < 4.78 is 6.96. The lowest BCUT2D eigenvalue weighted by molar-refractivity contribution is -0.119. The zero-order chi connectivity index (χ0) is 17.1. The summed E-state index contributed by atoms with van der Waals surface area (Å²) >= 11 is 0. The Labute approximate surface area is 140 Å². The minimum atomic E-state index is -0.536. The maximum atomic E-state index is 12.8. The topological polar surface area (TPSA) is 90.5 Å². The van der Waals surface area contributed by atoms with Crippen LogP contribution in [0, 0.1) is 0 Å². The molecule has 7 heteroatoms. The highest BCUT2D eigenvalue weighted by Gasteiger charge is 2.31. The van der Waals surface area contributed by atoms with E-state index in [2.05, 4.69) is 5.10 Å². The van der Waals surface area contributed by atoms with Crippen molar-refractivity contribution in [2.45, 2.75) is 18.9 Å². The number of amides is 2. The van der Waals surface area contributed by atoms with Crippen molar-refractivity contribution in [3.05, 3.63) is 47.8 Å². The number of carbonyl (C=O) groups is 2. The Bertz CT molecular complexity index is 739. The standard InChI is InChI=1S/C17H20N4O3/c1-20-10-13(9-19-20)15-3-2-8-21(15)17(23)12-4-6-14(7-5-12)24-11-16(18)22/h4-7,9-10,15H,2-3,8,11H2,1H3,(H2,18,22)/t15-/m0/s1. The van der Waals surface area contributed by atoms with Crippen molar-refractivity contribution in [2.75, 3.05) is 13.2 Å². The summed E-state index contributed by atoms with van der Waals surface area (Å²) in [4.78, 5) is 25.4. The third-order valence-corrected chi connectivity index (χ3v) is 4.11. The molecule has 0 spiro atoms. The van der Waals surface area contributed by atoms with Crippen LogP contribution in [0.1, 0.15) is 34.8 Å². The van der Waals surface area contributed by atoms with E-state index in [0.717, 1.165) is 24.9 Å². The zero-order valence-electron chi connectivity index (χ0n) is 13.5. The van der Waals surface area contributed by atoms with Gasteiger partial charge in [0, 0.05) is 30.9 Å². The van der Waals surface area contributed by atoms with Gasteiger partial charge < -0.3 is 15.4 Å². The first-order valence-corrected chi connectivity index (χ1v) is 7.85. The highest BCUT2D eigenvalue weighted by molar-refractivity contribution is 5.94. The number of primary amides is 1. The minimum Gasteiger partial charge on any atom is -0.484 e. The molecule has 1 atom stereocenters. The molecule has 1 saturated heterocycles. The van der Waals surface area contributed by atoms with Crippen LogP contribution < -0.4 is 10.5 Å². The van der Waals surface area contributed by atoms with E-state index in [1.807, 2.05) is 24.3 Å². The van der Waals surface area contributed by atoms with Gasteiger partial charge in [0.15, 0.2) is 6.61 Å². The number of likely N-dealkylation sites (tertiary alicyclic amines) is 1. The Morgan fingerprint density at radius 2 is 2.08 bits per heavy atom. The fourth-order valence-corrected chi connectivity index (χ4v) is 2.98.